The number of hydrogen-bond acceptors (Lipinski definition) is 2. The summed E-state index contributed by atoms with van der Waals surface area (Å²) in [6, 6.07) is 5.92. The Hall–Kier alpha value is -0.280. The summed E-state index contributed by atoms with van der Waals surface area (Å²) in [5.74, 6) is 1.85. The molecule has 0 bridgehead atoms. The van der Waals surface area contributed by atoms with Gasteiger partial charge in [0.05, 0.1) is 5.75 Å². The van der Waals surface area contributed by atoms with Gasteiger partial charge in [0, 0.05) is 15.8 Å². The Morgan fingerprint density at radius 1 is 1.33 bits per heavy atom. The molecule has 0 fully saturated rings. The molecule has 1 aromatic carbocycles. The minimum Gasteiger partial charge on any atom is -0.293 e. The van der Waals surface area contributed by atoms with Crippen LogP contribution in [0, 0.1) is 0 Å². The fourth-order valence-corrected chi connectivity index (χ4v) is 2.54. The topological polar surface area (TPSA) is 17.1 Å². The third-order valence-electron chi connectivity index (χ3n) is 1.86. The molecular weight excluding hydrogens is 236 g/mol. The van der Waals surface area contributed by atoms with Crippen molar-refractivity contribution in [3.63, 3.8) is 0 Å². The summed E-state index contributed by atoms with van der Waals surface area (Å²) < 4.78 is 0.988. The van der Waals surface area contributed by atoms with Crippen molar-refractivity contribution in [3.8, 4) is 0 Å². The Bertz CT molecular complexity index is 335. The molecule has 0 unspecified atom stereocenters. The van der Waals surface area contributed by atoms with E-state index in [-0.39, 0.29) is 5.78 Å². The standard InChI is InChI=1S/C9H7BrOS/c10-7-2-1-6-4-12-5-9(11)8(6)3-7/h1-3H,4-5H2. The minimum atomic E-state index is 0.252. The number of fused-ring (bicyclic) bond motifs is 1. The molecule has 0 N–H and O–H groups in total. The molecule has 1 aromatic rings. The number of thioether (sulfide) groups is 1. The monoisotopic (exact) mass is 242 g/mol. The highest BCUT2D eigenvalue weighted by atomic mass is 79.9. The quantitative estimate of drug-likeness (QED) is 0.696. The Morgan fingerprint density at radius 3 is 3.00 bits per heavy atom. The third-order valence-corrected chi connectivity index (χ3v) is 3.34. The lowest BCUT2D eigenvalue weighted by molar-refractivity contribution is 0.102. The van der Waals surface area contributed by atoms with E-state index < -0.39 is 0 Å². The maximum atomic E-state index is 11.4. The molecular formula is C9H7BrOS. The van der Waals surface area contributed by atoms with Crippen LogP contribution in [0.4, 0.5) is 0 Å². The van der Waals surface area contributed by atoms with Gasteiger partial charge in [-0.1, -0.05) is 22.0 Å². The molecule has 0 aromatic heterocycles. The molecule has 2 rings (SSSR count). The zero-order valence-electron chi connectivity index (χ0n) is 6.34. The molecule has 0 saturated carbocycles. The molecule has 0 radical (unpaired) electrons. The van der Waals surface area contributed by atoms with Crippen LogP contribution in [0.3, 0.4) is 0 Å². The number of halogens is 1. The molecule has 0 saturated heterocycles. The fourth-order valence-electron chi connectivity index (χ4n) is 1.27. The van der Waals surface area contributed by atoms with Crippen molar-refractivity contribution >= 4 is 33.5 Å². The maximum Gasteiger partial charge on any atom is 0.173 e. The van der Waals surface area contributed by atoms with Crippen molar-refractivity contribution < 1.29 is 4.79 Å². The van der Waals surface area contributed by atoms with Gasteiger partial charge in [0.15, 0.2) is 5.78 Å². The van der Waals surface area contributed by atoms with Crippen molar-refractivity contribution in [2.75, 3.05) is 5.75 Å². The molecule has 62 valence electrons. The number of carbonyl (C=O) groups excluding carboxylic acids is 1. The first-order valence-electron chi connectivity index (χ1n) is 3.67. The Morgan fingerprint density at radius 2 is 2.17 bits per heavy atom. The van der Waals surface area contributed by atoms with Gasteiger partial charge in [-0.05, 0) is 17.7 Å². The Labute approximate surface area is 83.7 Å². The van der Waals surface area contributed by atoms with Crippen LogP contribution in [0.2, 0.25) is 0 Å². The lowest BCUT2D eigenvalue weighted by Crippen LogP contribution is -2.11. The summed E-state index contributed by atoms with van der Waals surface area (Å²) in [7, 11) is 0. The van der Waals surface area contributed by atoms with E-state index in [4.69, 9.17) is 0 Å². The van der Waals surface area contributed by atoms with Gasteiger partial charge in [-0.2, -0.15) is 0 Å². The number of benzene rings is 1. The predicted molar refractivity (Wildman–Crippen MR) is 54.6 cm³/mol. The molecule has 1 aliphatic rings. The zero-order chi connectivity index (χ0) is 8.55. The second-order valence-electron chi connectivity index (χ2n) is 2.72. The fraction of sp³-hybridized carbons (Fsp3) is 0.222. The highest BCUT2D eigenvalue weighted by Crippen LogP contribution is 2.26. The van der Waals surface area contributed by atoms with Crippen molar-refractivity contribution in [1.82, 2.24) is 0 Å². The van der Waals surface area contributed by atoms with E-state index in [1.165, 1.54) is 5.56 Å². The van der Waals surface area contributed by atoms with Gasteiger partial charge in [-0.15, -0.1) is 11.8 Å². The number of Topliss-reactive ketones (excluding diaryl/α,β-unsaturated/α-hetero) is 1. The van der Waals surface area contributed by atoms with Crippen LogP contribution in [-0.4, -0.2) is 11.5 Å². The van der Waals surface area contributed by atoms with Crippen LogP contribution in [0.15, 0.2) is 22.7 Å². The van der Waals surface area contributed by atoms with E-state index in [1.54, 1.807) is 11.8 Å². The molecule has 0 aliphatic carbocycles. The van der Waals surface area contributed by atoms with Crippen LogP contribution in [0.1, 0.15) is 15.9 Å². The number of rotatable bonds is 0. The first kappa shape index (κ1) is 8.32. The van der Waals surface area contributed by atoms with Crippen LogP contribution < -0.4 is 0 Å². The van der Waals surface area contributed by atoms with Gasteiger partial charge in [0.1, 0.15) is 0 Å². The molecule has 12 heavy (non-hydrogen) atoms. The molecule has 1 heterocycles. The van der Waals surface area contributed by atoms with Crippen molar-refractivity contribution in [3.05, 3.63) is 33.8 Å². The van der Waals surface area contributed by atoms with Crippen molar-refractivity contribution in [2.45, 2.75) is 5.75 Å². The van der Waals surface area contributed by atoms with Crippen LogP contribution in [0.5, 0.6) is 0 Å². The van der Waals surface area contributed by atoms with Crippen molar-refractivity contribution in [2.24, 2.45) is 0 Å². The SMILES string of the molecule is O=C1CSCc2ccc(Br)cc21. The van der Waals surface area contributed by atoms with Gasteiger partial charge < -0.3 is 0 Å². The summed E-state index contributed by atoms with van der Waals surface area (Å²) in [6.45, 7) is 0. The highest BCUT2D eigenvalue weighted by molar-refractivity contribution is 9.10. The molecule has 0 atom stereocenters. The first-order valence-corrected chi connectivity index (χ1v) is 5.61. The Kier molecular flexibility index (Phi) is 2.24. The number of ketones is 1. The summed E-state index contributed by atoms with van der Waals surface area (Å²) in [5, 5.41) is 0. The summed E-state index contributed by atoms with van der Waals surface area (Å²) in [4.78, 5) is 11.4. The average molecular weight is 243 g/mol. The molecule has 1 aliphatic heterocycles. The number of carbonyl (C=O) groups is 1. The van der Waals surface area contributed by atoms with E-state index in [0.717, 1.165) is 15.8 Å². The average Bonchev–Trinajstić information content (AvgIpc) is 2.07. The molecule has 0 amide bonds. The Balaban J connectivity index is 2.54. The summed E-state index contributed by atoms with van der Waals surface area (Å²) in [5.41, 5.74) is 2.06. The van der Waals surface area contributed by atoms with Crippen LogP contribution >= 0.6 is 27.7 Å². The van der Waals surface area contributed by atoms with E-state index in [0.29, 0.717) is 5.75 Å². The van der Waals surface area contributed by atoms with Crippen LogP contribution in [-0.2, 0) is 5.75 Å². The van der Waals surface area contributed by atoms with Gasteiger partial charge in [0.25, 0.3) is 0 Å². The highest BCUT2D eigenvalue weighted by Gasteiger charge is 2.16. The van der Waals surface area contributed by atoms with Gasteiger partial charge in [0.2, 0.25) is 0 Å². The van der Waals surface area contributed by atoms with Gasteiger partial charge in [-0.3, -0.25) is 4.79 Å². The van der Waals surface area contributed by atoms with E-state index >= 15 is 0 Å². The summed E-state index contributed by atoms with van der Waals surface area (Å²) in [6.07, 6.45) is 0. The minimum absolute atomic E-state index is 0.252. The van der Waals surface area contributed by atoms with Crippen LogP contribution in [0.25, 0.3) is 0 Å². The lowest BCUT2D eigenvalue weighted by Gasteiger charge is -2.13. The third kappa shape index (κ3) is 1.43. The van der Waals surface area contributed by atoms with E-state index in [2.05, 4.69) is 15.9 Å². The second-order valence-corrected chi connectivity index (χ2v) is 4.62. The molecule has 3 heteroatoms. The normalized spacial score (nSPS) is 15.9. The van der Waals surface area contributed by atoms with Gasteiger partial charge in [-0.25, -0.2) is 0 Å². The summed E-state index contributed by atoms with van der Waals surface area (Å²) >= 11 is 5.05. The smallest absolute Gasteiger partial charge is 0.173 e. The molecule has 1 nitrogen and oxygen atoms in total. The largest absolute Gasteiger partial charge is 0.293 e. The predicted octanol–water partition coefficient (Wildman–Crippen LogP) is 2.88. The lowest BCUT2D eigenvalue weighted by atomic mass is 10.1. The maximum absolute atomic E-state index is 11.4. The van der Waals surface area contributed by atoms with Crippen molar-refractivity contribution in [1.29, 1.82) is 0 Å². The molecule has 0 spiro atoms. The van der Waals surface area contributed by atoms with E-state index in [1.807, 2.05) is 18.2 Å². The van der Waals surface area contributed by atoms with E-state index in [9.17, 15) is 4.79 Å². The second kappa shape index (κ2) is 3.23. The zero-order valence-corrected chi connectivity index (χ0v) is 8.74. The van der Waals surface area contributed by atoms with Gasteiger partial charge >= 0.3 is 0 Å². The first-order chi connectivity index (χ1) is 5.77. The number of hydrogen-bond donors (Lipinski definition) is 0.